The molecule has 24 heavy (non-hydrogen) atoms. The first-order valence-corrected chi connectivity index (χ1v) is 8.14. The number of methoxy groups -OCH3 is 2. The van der Waals surface area contributed by atoms with Crippen LogP contribution in [0.25, 0.3) is 11.3 Å². The highest BCUT2D eigenvalue weighted by Gasteiger charge is 2.31. The van der Waals surface area contributed by atoms with Gasteiger partial charge in [-0.25, -0.2) is 9.97 Å². The highest BCUT2D eigenvalue weighted by atomic mass is 35.5. The summed E-state index contributed by atoms with van der Waals surface area (Å²) in [5.41, 5.74) is 2.21. The maximum atomic E-state index is 11.8. The van der Waals surface area contributed by atoms with Gasteiger partial charge in [0, 0.05) is 16.3 Å². The molecule has 1 heterocycles. The van der Waals surface area contributed by atoms with E-state index in [2.05, 4.69) is 19.4 Å². The number of ether oxygens (including phenoxy) is 2. The van der Waals surface area contributed by atoms with Gasteiger partial charge in [0.1, 0.15) is 0 Å². The van der Waals surface area contributed by atoms with Crippen molar-refractivity contribution in [2.24, 2.45) is 0 Å². The summed E-state index contributed by atoms with van der Waals surface area (Å²) in [7, 11) is 2.41. The zero-order valence-electron chi connectivity index (χ0n) is 13.3. The summed E-state index contributed by atoms with van der Waals surface area (Å²) < 4.78 is 9.27. The minimum absolute atomic E-state index is 0.278. The van der Waals surface area contributed by atoms with Gasteiger partial charge in [-0.3, -0.25) is 9.59 Å². The number of thioether (sulfide) groups is 1. The summed E-state index contributed by atoms with van der Waals surface area (Å²) in [6.45, 7) is 1.80. The Balaban J connectivity index is 2.35. The van der Waals surface area contributed by atoms with E-state index in [1.165, 1.54) is 14.2 Å². The normalized spacial score (nSPS) is 10.5. The monoisotopic (exact) mass is 366 g/mol. The molecular weight excluding hydrogens is 352 g/mol. The van der Waals surface area contributed by atoms with Crippen LogP contribution < -0.4 is 0 Å². The summed E-state index contributed by atoms with van der Waals surface area (Å²) in [6.07, 6.45) is 0. The van der Waals surface area contributed by atoms with Gasteiger partial charge in [-0.2, -0.15) is 0 Å². The second-order valence-corrected chi connectivity index (χ2v) is 6.24. The largest absolute Gasteiger partial charge is 0.468 e. The molecule has 0 N–H and O–H groups in total. The number of aromatic nitrogens is 2. The van der Waals surface area contributed by atoms with E-state index >= 15 is 0 Å². The lowest BCUT2D eigenvalue weighted by Crippen LogP contribution is -2.29. The fraction of sp³-hybridized carbons (Fsp3) is 0.250. The zero-order chi connectivity index (χ0) is 17.7. The first-order chi connectivity index (χ1) is 11.4. The Kier molecular flexibility index (Phi) is 6.16. The first kappa shape index (κ1) is 18.2. The van der Waals surface area contributed by atoms with Crippen LogP contribution >= 0.6 is 23.4 Å². The molecular formula is C16H15ClN2O4S. The van der Waals surface area contributed by atoms with Crippen LogP contribution in [0.15, 0.2) is 35.5 Å². The van der Waals surface area contributed by atoms with Crippen molar-refractivity contribution in [3.8, 4) is 11.3 Å². The van der Waals surface area contributed by atoms with E-state index in [-0.39, 0.29) is 5.16 Å². The number of nitrogens with zero attached hydrogens (tertiary/aromatic N) is 2. The number of rotatable bonds is 5. The number of carbonyl (C=O) groups excluding carboxylic acids is 2. The van der Waals surface area contributed by atoms with Gasteiger partial charge in [0.15, 0.2) is 5.16 Å². The minimum atomic E-state index is -1.18. The lowest BCUT2D eigenvalue weighted by molar-refractivity contribution is -0.150. The molecule has 0 saturated heterocycles. The second kappa shape index (κ2) is 8.12. The van der Waals surface area contributed by atoms with Crippen LogP contribution in [0.2, 0.25) is 5.02 Å². The van der Waals surface area contributed by atoms with Crippen LogP contribution in [0.1, 0.15) is 5.69 Å². The van der Waals surface area contributed by atoms with E-state index in [9.17, 15) is 9.59 Å². The van der Waals surface area contributed by atoms with E-state index in [0.717, 1.165) is 17.3 Å². The van der Waals surface area contributed by atoms with Gasteiger partial charge < -0.3 is 9.47 Å². The molecule has 1 aromatic heterocycles. The van der Waals surface area contributed by atoms with Crippen molar-refractivity contribution in [3.63, 3.8) is 0 Å². The van der Waals surface area contributed by atoms with Crippen LogP contribution in [0.3, 0.4) is 0 Å². The number of halogens is 1. The number of carbonyl (C=O) groups is 2. The summed E-state index contributed by atoms with van der Waals surface area (Å²) in [5, 5.41) is -0.281. The van der Waals surface area contributed by atoms with Gasteiger partial charge >= 0.3 is 11.9 Å². The standard InChI is InChI=1S/C16H15ClN2O4S/c1-9-8-12(10-4-6-11(17)7-5-10)19-16(18-9)24-13(14(20)22-2)15(21)23-3/h4-8,13H,1-3H3. The van der Waals surface area contributed by atoms with Crippen molar-refractivity contribution in [1.82, 2.24) is 9.97 Å². The molecule has 0 amide bonds. The molecule has 0 fully saturated rings. The topological polar surface area (TPSA) is 78.4 Å². The Morgan fingerprint density at radius 2 is 1.67 bits per heavy atom. The van der Waals surface area contributed by atoms with E-state index in [1.54, 1.807) is 25.1 Å². The van der Waals surface area contributed by atoms with Crippen LogP contribution in [0.5, 0.6) is 0 Å². The Bertz CT molecular complexity index is 736. The summed E-state index contributed by atoms with van der Waals surface area (Å²) >= 11 is 6.78. The molecule has 2 aromatic rings. The predicted octanol–water partition coefficient (Wildman–Crippen LogP) is 2.91. The number of hydrogen-bond donors (Lipinski definition) is 0. The number of esters is 2. The Morgan fingerprint density at radius 3 is 2.21 bits per heavy atom. The molecule has 0 radical (unpaired) electrons. The van der Waals surface area contributed by atoms with Gasteiger partial charge in [0.25, 0.3) is 0 Å². The average molecular weight is 367 g/mol. The van der Waals surface area contributed by atoms with E-state index in [4.69, 9.17) is 11.6 Å². The molecule has 0 saturated carbocycles. The van der Waals surface area contributed by atoms with E-state index < -0.39 is 17.2 Å². The first-order valence-electron chi connectivity index (χ1n) is 6.88. The Hall–Kier alpha value is -2.12. The number of aryl methyl sites for hydroxylation is 1. The fourth-order valence-corrected chi connectivity index (χ4v) is 2.94. The molecule has 6 nitrogen and oxygen atoms in total. The summed E-state index contributed by atoms with van der Waals surface area (Å²) in [6, 6.07) is 8.98. The van der Waals surface area contributed by atoms with Crippen molar-refractivity contribution in [2.75, 3.05) is 14.2 Å². The van der Waals surface area contributed by atoms with Crippen molar-refractivity contribution in [2.45, 2.75) is 17.3 Å². The number of hydrogen-bond acceptors (Lipinski definition) is 7. The molecule has 0 bridgehead atoms. The van der Waals surface area contributed by atoms with Gasteiger partial charge in [-0.05, 0) is 25.1 Å². The zero-order valence-corrected chi connectivity index (χ0v) is 14.9. The van der Waals surface area contributed by atoms with Crippen LogP contribution in [0.4, 0.5) is 0 Å². The van der Waals surface area contributed by atoms with Gasteiger partial charge in [-0.15, -0.1) is 0 Å². The molecule has 0 aliphatic heterocycles. The SMILES string of the molecule is COC(=O)C(Sc1nc(C)cc(-c2ccc(Cl)cc2)n1)C(=O)OC. The molecule has 0 aliphatic carbocycles. The highest BCUT2D eigenvalue weighted by Crippen LogP contribution is 2.26. The van der Waals surface area contributed by atoms with Gasteiger partial charge in [0.2, 0.25) is 5.25 Å². The van der Waals surface area contributed by atoms with Gasteiger partial charge in [0.05, 0.1) is 19.9 Å². The molecule has 0 spiro atoms. The predicted molar refractivity (Wildman–Crippen MR) is 90.9 cm³/mol. The third kappa shape index (κ3) is 4.46. The molecule has 2 rings (SSSR count). The molecule has 8 heteroatoms. The van der Waals surface area contributed by atoms with Gasteiger partial charge in [-0.1, -0.05) is 35.5 Å². The van der Waals surface area contributed by atoms with Crippen LogP contribution in [-0.2, 0) is 19.1 Å². The fourth-order valence-electron chi connectivity index (χ4n) is 1.87. The summed E-state index contributed by atoms with van der Waals surface area (Å²) in [5.74, 6) is -1.44. The lowest BCUT2D eigenvalue weighted by atomic mass is 10.1. The summed E-state index contributed by atoms with van der Waals surface area (Å²) in [4.78, 5) is 32.2. The van der Waals surface area contributed by atoms with Crippen molar-refractivity contribution >= 4 is 35.3 Å². The Morgan fingerprint density at radius 1 is 1.08 bits per heavy atom. The number of benzene rings is 1. The average Bonchev–Trinajstić information content (AvgIpc) is 2.58. The lowest BCUT2D eigenvalue weighted by Gasteiger charge is -2.12. The third-order valence-electron chi connectivity index (χ3n) is 3.03. The molecule has 0 unspecified atom stereocenters. The van der Waals surface area contributed by atoms with Crippen LogP contribution in [0, 0.1) is 6.92 Å². The van der Waals surface area contributed by atoms with E-state index in [1.807, 2.05) is 12.1 Å². The van der Waals surface area contributed by atoms with Crippen molar-refractivity contribution in [1.29, 1.82) is 0 Å². The second-order valence-electron chi connectivity index (χ2n) is 4.73. The Labute approximate surface area is 148 Å². The quantitative estimate of drug-likeness (QED) is 0.348. The molecule has 0 atom stereocenters. The van der Waals surface area contributed by atoms with E-state index in [0.29, 0.717) is 16.4 Å². The smallest absolute Gasteiger partial charge is 0.330 e. The van der Waals surface area contributed by atoms with Crippen LogP contribution in [-0.4, -0.2) is 41.4 Å². The van der Waals surface area contributed by atoms with Crippen molar-refractivity contribution in [3.05, 3.63) is 41.0 Å². The maximum absolute atomic E-state index is 11.8. The maximum Gasteiger partial charge on any atom is 0.330 e. The van der Waals surface area contributed by atoms with Crippen molar-refractivity contribution < 1.29 is 19.1 Å². The molecule has 126 valence electrons. The highest BCUT2D eigenvalue weighted by molar-refractivity contribution is 8.01. The molecule has 1 aromatic carbocycles. The molecule has 0 aliphatic rings. The minimum Gasteiger partial charge on any atom is -0.468 e. The third-order valence-corrected chi connectivity index (χ3v) is 4.29.